The van der Waals surface area contributed by atoms with Gasteiger partial charge in [-0.05, 0) is 74.2 Å². The van der Waals surface area contributed by atoms with Gasteiger partial charge >= 0.3 is 5.97 Å². The number of carbonyl (C=O) groups excluding carboxylic acids is 3. The van der Waals surface area contributed by atoms with E-state index >= 15 is 0 Å². The van der Waals surface area contributed by atoms with Crippen LogP contribution in [0, 0.1) is 28.6 Å². The molecule has 0 radical (unpaired) electrons. The first-order valence-electron chi connectivity index (χ1n) is 13.4. The molecule has 34 heavy (non-hydrogen) atoms. The zero-order chi connectivity index (χ0) is 24.7. The van der Waals surface area contributed by atoms with E-state index in [1.54, 1.807) is 0 Å². The number of unbranched alkanes of at least 4 members (excludes halogenated alkanes) is 3. The smallest absolute Gasteiger partial charge is 0.306 e. The van der Waals surface area contributed by atoms with Gasteiger partial charge in [0, 0.05) is 18.3 Å². The fourth-order valence-electron chi connectivity index (χ4n) is 8.43. The van der Waals surface area contributed by atoms with Gasteiger partial charge in [-0.15, -0.1) is 0 Å². The molecule has 0 bridgehead atoms. The van der Waals surface area contributed by atoms with Crippen LogP contribution >= 0.6 is 0 Å². The Morgan fingerprint density at radius 2 is 1.88 bits per heavy atom. The molecule has 6 heteroatoms. The third kappa shape index (κ3) is 3.89. The molecular weight excluding hydrogens is 432 g/mol. The molecule has 0 unspecified atom stereocenters. The molecule has 0 heterocycles. The van der Waals surface area contributed by atoms with Gasteiger partial charge < -0.3 is 14.9 Å². The maximum absolute atomic E-state index is 13.2. The van der Waals surface area contributed by atoms with Crippen LogP contribution in [0.15, 0.2) is 11.6 Å². The van der Waals surface area contributed by atoms with Crippen LogP contribution in [0.4, 0.5) is 0 Å². The average Bonchev–Trinajstić information content (AvgIpc) is 3.08. The summed E-state index contributed by atoms with van der Waals surface area (Å²) in [6.07, 6.45) is 9.74. The molecule has 2 N–H and O–H groups in total. The van der Waals surface area contributed by atoms with Gasteiger partial charge in [-0.3, -0.25) is 14.4 Å². The maximum Gasteiger partial charge on any atom is 0.306 e. The van der Waals surface area contributed by atoms with E-state index in [4.69, 9.17) is 4.74 Å². The highest BCUT2D eigenvalue weighted by Gasteiger charge is 2.70. The second-order valence-corrected chi connectivity index (χ2v) is 11.8. The van der Waals surface area contributed by atoms with Crippen LogP contribution in [0.1, 0.15) is 97.8 Å². The van der Waals surface area contributed by atoms with Crippen molar-refractivity contribution in [2.75, 3.05) is 6.61 Å². The Morgan fingerprint density at radius 1 is 1.12 bits per heavy atom. The summed E-state index contributed by atoms with van der Waals surface area (Å²) in [5, 5.41) is 21.5. The molecule has 4 rings (SSSR count). The first kappa shape index (κ1) is 25.6. The Labute approximate surface area is 203 Å². The summed E-state index contributed by atoms with van der Waals surface area (Å²) < 4.78 is 6.06. The number of esters is 1. The number of allylic oxidation sites excluding steroid dienone is 1. The van der Waals surface area contributed by atoms with Crippen LogP contribution in [-0.4, -0.2) is 46.1 Å². The predicted molar refractivity (Wildman–Crippen MR) is 128 cm³/mol. The molecule has 4 aliphatic rings. The molecule has 7 atom stereocenters. The number of fused-ring (bicyclic) bond motifs is 5. The van der Waals surface area contributed by atoms with Crippen molar-refractivity contribution in [3.05, 3.63) is 11.6 Å². The minimum absolute atomic E-state index is 0.0310. The highest BCUT2D eigenvalue weighted by molar-refractivity contribution is 5.92. The highest BCUT2D eigenvalue weighted by atomic mass is 16.6. The second kappa shape index (κ2) is 9.50. The van der Waals surface area contributed by atoms with E-state index in [-0.39, 0.29) is 41.3 Å². The molecule has 0 saturated heterocycles. The lowest BCUT2D eigenvalue weighted by atomic mass is 9.45. The molecule has 6 nitrogen and oxygen atoms in total. The fourth-order valence-corrected chi connectivity index (χ4v) is 8.43. The molecule has 0 spiro atoms. The largest absolute Gasteiger partial charge is 0.450 e. The third-order valence-electron chi connectivity index (χ3n) is 10.1. The Morgan fingerprint density at radius 3 is 2.59 bits per heavy atom. The number of aliphatic hydroxyl groups is 2. The Balaban J connectivity index is 1.63. The normalized spacial score (nSPS) is 41.2. The third-order valence-corrected chi connectivity index (χ3v) is 10.1. The summed E-state index contributed by atoms with van der Waals surface area (Å²) in [4.78, 5) is 38.2. The highest BCUT2D eigenvalue weighted by Crippen LogP contribution is 2.68. The van der Waals surface area contributed by atoms with Crippen molar-refractivity contribution in [1.29, 1.82) is 0 Å². The number of rotatable bonds is 8. The maximum atomic E-state index is 13.2. The first-order chi connectivity index (χ1) is 16.1. The van der Waals surface area contributed by atoms with Crippen LogP contribution in [-0.2, 0) is 19.1 Å². The minimum Gasteiger partial charge on any atom is -0.450 e. The van der Waals surface area contributed by atoms with Gasteiger partial charge in [0.2, 0.25) is 5.78 Å². The van der Waals surface area contributed by atoms with E-state index in [1.807, 2.05) is 13.0 Å². The van der Waals surface area contributed by atoms with Crippen molar-refractivity contribution in [3.63, 3.8) is 0 Å². The number of Topliss-reactive ketones (excluding diaryl/α,β-unsaturated/α-hetero) is 1. The number of ketones is 2. The van der Waals surface area contributed by atoms with Crippen molar-refractivity contribution in [3.8, 4) is 0 Å². The summed E-state index contributed by atoms with van der Waals surface area (Å²) in [5.74, 6) is -0.274. The molecule has 190 valence electrons. The SMILES string of the molecule is CCCCCCC(=O)O[C@]1(C(=O)CO)CC[C@H]2[C@@H]3CCC4=CC(=O)CC[C@]4(C)[C@H]3[C@@H](O)C[C@@]21C. The van der Waals surface area contributed by atoms with Crippen molar-refractivity contribution in [2.45, 2.75) is 110 Å². The van der Waals surface area contributed by atoms with E-state index in [0.717, 1.165) is 51.4 Å². The van der Waals surface area contributed by atoms with Crippen molar-refractivity contribution in [2.24, 2.45) is 28.6 Å². The molecular formula is C28H42O6. The summed E-state index contributed by atoms with van der Waals surface area (Å²) >= 11 is 0. The topological polar surface area (TPSA) is 101 Å². The number of hydrogen-bond acceptors (Lipinski definition) is 6. The summed E-state index contributed by atoms with van der Waals surface area (Å²) in [5.41, 5.74) is -1.13. The molecule has 0 aliphatic heterocycles. The van der Waals surface area contributed by atoms with Gasteiger partial charge in [-0.1, -0.05) is 45.6 Å². The number of hydrogen-bond donors (Lipinski definition) is 2. The van der Waals surface area contributed by atoms with Crippen molar-refractivity contribution < 1.29 is 29.3 Å². The van der Waals surface area contributed by atoms with E-state index in [2.05, 4.69) is 13.8 Å². The first-order valence-corrected chi connectivity index (χ1v) is 13.4. The van der Waals surface area contributed by atoms with E-state index in [1.165, 1.54) is 5.57 Å². The van der Waals surface area contributed by atoms with Gasteiger partial charge in [-0.2, -0.15) is 0 Å². The quantitative estimate of drug-likeness (QED) is 0.402. The fraction of sp³-hybridized carbons (Fsp3) is 0.821. The number of aliphatic hydroxyl groups excluding tert-OH is 2. The molecule has 0 aromatic heterocycles. The van der Waals surface area contributed by atoms with Crippen molar-refractivity contribution >= 4 is 17.5 Å². The summed E-state index contributed by atoms with van der Waals surface area (Å²) in [6.45, 7) is 5.65. The Bertz CT molecular complexity index is 863. The lowest BCUT2D eigenvalue weighted by molar-refractivity contribution is -0.202. The molecule has 3 fully saturated rings. The Hall–Kier alpha value is -1.53. The lowest BCUT2D eigenvalue weighted by Gasteiger charge is -2.60. The van der Waals surface area contributed by atoms with Gasteiger partial charge in [-0.25, -0.2) is 0 Å². The molecule has 0 aromatic rings. The van der Waals surface area contributed by atoms with Gasteiger partial charge in [0.05, 0.1) is 6.10 Å². The second-order valence-electron chi connectivity index (χ2n) is 11.8. The van der Waals surface area contributed by atoms with Crippen LogP contribution < -0.4 is 0 Å². The molecule has 0 amide bonds. The van der Waals surface area contributed by atoms with Gasteiger partial charge in [0.1, 0.15) is 6.61 Å². The summed E-state index contributed by atoms with van der Waals surface area (Å²) in [6, 6.07) is 0. The summed E-state index contributed by atoms with van der Waals surface area (Å²) in [7, 11) is 0. The molecule has 0 aromatic carbocycles. The number of ether oxygens (including phenoxy) is 1. The van der Waals surface area contributed by atoms with Crippen LogP contribution in [0.2, 0.25) is 0 Å². The standard InChI is InChI=1S/C28H42O6/c1-4-5-6-7-8-24(33)34-28(23(32)17-29)14-12-21-20-10-9-18-15-19(30)11-13-26(18,2)25(20)22(31)16-27(21,28)3/h15,20-22,25,29,31H,4-14,16-17H2,1-3H3/t20-,21-,22-,25+,26-,27-,28-/m0/s1. The monoisotopic (exact) mass is 474 g/mol. The molecule has 4 aliphatic carbocycles. The average molecular weight is 475 g/mol. The zero-order valence-corrected chi connectivity index (χ0v) is 21.1. The van der Waals surface area contributed by atoms with Crippen LogP contribution in [0.3, 0.4) is 0 Å². The van der Waals surface area contributed by atoms with Gasteiger partial charge in [0.15, 0.2) is 11.4 Å². The Kier molecular flexibility index (Phi) is 7.14. The van der Waals surface area contributed by atoms with Crippen molar-refractivity contribution in [1.82, 2.24) is 0 Å². The van der Waals surface area contributed by atoms with Crippen LogP contribution in [0.25, 0.3) is 0 Å². The zero-order valence-electron chi connectivity index (χ0n) is 21.1. The van der Waals surface area contributed by atoms with E-state index in [0.29, 0.717) is 19.3 Å². The minimum atomic E-state index is -1.38. The van der Waals surface area contributed by atoms with Gasteiger partial charge in [0.25, 0.3) is 0 Å². The molecule has 3 saturated carbocycles. The van der Waals surface area contributed by atoms with E-state index < -0.39 is 29.5 Å². The number of carbonyl (C=O) groups is 3. The van der Waals surface area contributed by atoms with Crippen LogP contribution in [0.5, 0.6) is 0 Å². The lowest BCUT2D eigenvalue weighted by Crippen LogP contribution is -2.63. The predicted octanol–water partition coefficient (Wildman–Crippen LogP) is 4.30. The van der Waals surface area contributed by atoms with E-state index in [9.17, 15) is 24.6 Å².